The fourth-order valence-corrected chi connectivity index (χ4v) is 5.70. The van der Waals surface area contributed by atoms with Crippen molar-refractivity contribution >= 4 is 29.7 Å². The lowest BCUT2D eigenvalue weighted by molar-refractivity contribution is 0.0944. The lowest BCUT2D eigenvalue weighted by Gasteiger charge is -2.24. The third kappa shape index (κ3) is 4.69. The maximum atomic E-state index is 13.0. The van der Waals surface area contributed by atoms with Gasteiger partial charge in [-0.1, -0.05) is 80.6 Å². The number of hydrogen-bond acceptors (Lipinski definition) is 1. The van der Waals surface area contributed by atoms with Crippen LogP contribution < -0.4 is 21.2 Å². The first-order chi connectivity index (χ1) is 13.5. The Labute approximate surface area is 169 Å². The minimum Gasteiger partial charge on any atom is -0.350 e. The third-order valence-electron chi connectivity index (χ3n) is 4.62. The Morgan fingerprint density at radius 3 is 1.79 bits per heavy atom. The molecule has 3 aromatic carbocycles. The molecule has 0 saturated carbocycles. The maximum absolute atomic E-state index is 13.0. The molecule has 0 spiro atoms. The lowest BCUT2D eigenvalue weighted by atomic mass is 10.0. The van der Waals surface area contributed by atoms with E-state index in [0.29, 0.717) is 5.92 Å². The zero-order valence-electron chi connectivity index (χ0n) is 17.0. The molecule has 144 valence electrons. The summed E-state index contributed by atoms with van der Waals surface area (Å²) in [6, 6.07) is 27.5. The second-order valence-corrected chi connectivity index (χ2v) is 9.75. The number of amides is 1. The van der Waals surface area contributed by atoms with Crippen LogP contribution in [0.4, 0.5) is 0 Å². The van der Waals surface area contributed by atoms with E-state index in [1.165, 1.54) is 16.2 Å². The zero-order chi connectivity index (χ0) is 20.1. The van der Waals surface area contributed by atoms with E-state index in [2.05, 4.69) is 79.8 Å². The van der Waals surface area contributed by atoms with Gasteiger partial charge in [0.15, 0.2) is 0 Å². The molecule has 2 nitrogen and oxygen atoms in total. The molecule has 0 aromatic heterocycles. The summed E-state index contributed by atoms with van der Waals surface area (Å²) in [4.78, 5) is 13.0. The van der Waals surface area contributed by atoms with E-state index in [4.69, 9.17) is 0 Å². The number of rotatable bonds is 6. The van der Waals surface area contributed by atoms with Crippen LogP contribution in [0.2, 0.25) is 0 Å². The third-order valence-corrected chi connectivity index (χ3v) is 7.10. The average Bonchev–Trinajstić information content (AvgIpc) is 2.69. The molecule has 0 atom stereocenters. The summed E-state index contributed by atoms with van der Waals surface area (Å²) in [6.45, 7) is 8.38. The highest BCUT2D eigenvalue weighted by Gasteiger charge is 2.23. The smallest absolute Gasteiger partial charge is 0.252 e. The Kier molecular flexibility index (Phi) is 6.65. The second-order valence-electron chi connectivity index (χ2n) is 7.57. The lowest BCUT2D eigenvalue weighted by Crippen LogP contribution is -2.35. The number of carbonyl (C=O) groups excluding carboxylic acids is 1. The molecule has 3 heteroatoms. The predicted octanol–water partition coefficient (Wildman–Crippen LogP) is 4.71. The Morgan fingerprint density at radius 1 is 0.786 bits per heavy atom. The Morgan fingerprint density at radius 2 is 1.32 bits per heavy atom. The van der Waals surface area contributed by atoms with Gasteiger partial charge in [0.1, 0.15) is 0 Å². The van der Waals surface area contributed by atoms with E-state index in [1.54, 1.807) is 0 Å². The van der Waals surface area contributed by atoms with Crippen molar-refractivity contribution < 1.29 is 4.79 Å². The van der Waals surface area contributed by atoms with Gasteiger partial charge in [0, 0.05) is 11.6 Å². The summed E-state index contributed by atoms with van der Waals surface area (Å²) < 4.78 is 0. The molecule has 0 unspecified atom stereocenters. The standard InChI is InChI=1S/C25H28NOP/c1-18(2)20-15-16-23(25(27)26-19(3)4)24(17-20)28(21-11-7-5-8-12-21)22-13-9-6-10-14-22/h5-19H,1-4H3,(H,26,27). The Balaban J connectivity index is 2.22. The van der Waals surface area contributed by atoms with Gasteiger partial charge in [0.05, 0.1) is 0 Å². The van der Waals surface area contributed by atoms with Gasteiger partial charge in [-0.05, 0) is 61.3 Å². The van der Waals surface area contributed by atoms with Gasteiger partial charge in [-0.15, -0.1) is 0 Å². The van der Waals surface area contributed by atoms with Crippen LogP contribution in [0.25, 0.3) is 0 Å². The summed E-state index contributed by atoms with van der Waals surface area (Å²) >= 11 is 0. The first-order valence-corrected chi connectivity index (χ1v) is 11.2. The predicted molar refractivity (Wildman–Crippen MR) is 122 cm³/mol. The monoisotopic (exact) mass is 389 g/mol. The normalized spacial score (nSPS) is 11.2. The molecular weight excluding hydrogens is 361 g/mol. The van der Waals surface area contributed by atoms with Crippen LogP contribution in [0.1, 0.15) is 49.5 Å². The van der Waals surface area contributed by atoms with E-state index in [-0.39, 0.29) is 11.9 Å². The average molecular weight is 389 g/mol. The summed E-state index contributed by atoms with van der Waals surface area (Å²) in [7, 11) is -0.826. The molecule has 1 amide bonds. The van der Waals surface area contributed by atoms with Crippen LogP contribution in [-0.2, 0) is 0 Å². The number of nitrogens with one attached hydrogen (secondary N) is 1. The van der Waals surface area contributed by atoms with Crippen LogP contribution in [0, 0.1) is 0 Å². The molecule has 0 aliphatic rings. The zero-order valence-corrected chi connectivity index (χ0v) is 17.9. The molecular formula is C25H28NOP. The largest absolute Gasteiger partial charge is 0.350 e. The van der Waals surface area contributed by atoms with E-state index in [1.807, 2.05) is 32.0 Å². The summed E-state index contributed by atoms with van der Waals surface area (Å²) in [6.07, 6.45) is 0. The minimum atomic E-state index is -0.826. The molecule has 3 rings (SSSR count). The molecule has 3 aromatic rings. The molecule has 0 saturated heterocycles. The van der Waals surface area contributed by atoms with Crippen LogP contribution in [-0.4, -0.2) is 11.9 Å². The highest BCUT2D eigenvalue weighted by atomic mass is 31.1. The van der Waals surface area contributed by atoms with E-state index in [9.17, 15) is 4.79 Å². The molecule has 28 heavy (non-hydrogen) atoms. The van der Waals surface area contributed by atoms with Crippen molar-refractivity contribution in [2.75, 3.05) is 0 Å². The minimum absolute atomic E-state index is 0.000307. The van der Waals surface area contributed by atoms with Crippen molar-refractivity contribution in [1.29, 1.82) is 0 Å². The maximum Gasteiger partial charge on any atom is 0.252 e. The van der Waals surface area contributed by atoms with Crippen molar-refractivity contribution in [1.82, 2.24) is 5.32 Å². The molecule has 0 fully saturated rings. The highest BCUT2D eigenvalue weighted by molar-refractivity contribution is 7.80. The Hall–Kier alpha value is -2.44. The number of hydrogen-bond donors (Lipinski definition) is 1. The van der Waals surface area contributed by atoms with Gasteiger partial charge in [-0.2, -0.15) is 0 Å². The molecule has 1 N–H and O–H groups in total. The van der Waals surface area contributed by atoms with Crippen molar-refractivity contribution in [3.05, 3.63) is 90.0 Å². The second kappa shape index (κ2) is 9.17. The fraction of sp³-hybridized carbons (Fsp3) is 0.240. The molecule has 0 aliphatic heterocycles. The summed E-state index contributed by atoms with van der Waals surface area (Å²) in [5.41, 5.74) is 2.03. The highest BCUT2D eigenvalue weighted by Crippen LogP contribution is 2.35. The van der Waals surface area contributed by atoms with Crippen LogP contribution in [0.15, 0.2) is 78.9 Å². The number of benzene rings is 3. The first kappa shape index (κ1) is 20.3. The van der Waals surface area contributed by atoms with E-state index in [0.717, 1.165) is 10.9 Å². The van der Waals surface area contributed by atoms with Gasteiger partial charge in [-0.3, -0.25) is 4.79 Å². The quantitative estimate of drug-likeness (QED) is 0.608. The first-order valence-electron chi connectivity index (χ1n) is 9.82. The Bertz CT molecular complexity index is 880. The molecule has 0 bridgehead atoms. The molecule has 0 aliphatic carbocycles. The van der Waals surface area contributed by atoms with Gasteiger partial charge >= 0.3 is 0 Å². The summed E-state index contributed by atoms with van der Waals surface area (Å²) in [5, 5.41) is 6.71. The van der Waals surface area contributed by atoms with Gasteiger partial charge in [0.2, 0.25) is 0 Å². The van der Waals surface area contributed by atoms with Crippen LogP contribution in [0.5, 0.6) is 0 Å². The van der Waals surface area contributed by atoms with Crippen LogP contribution >= 0.6 is 7.92 Å². The van der Waals surface area contributed by atoms with Crippen molar-refractivity contribution in [2.24, 2.45) is 0 Å². The number of carbonyl (C=O) groups is 1. The van der Waals surface area contributed by atoms with Crippen molar-refractivity contribution in [3.63, 3.8) is 0 Å². The van der Waals surface area contributed by atoms with Gasteiger partial charge in [0.25, 0.3) is 5.91 Å². The molecule has 0 radical (unpaired) electrons. The van der Waals surface area contributed by atoms with E-state index < -0.39 is 7.92 Å². The SMILES string of the molecule is CC(C)NC(=O)c1ccc(C(C)C)cc1P(c1ccccc1)c1ccccc1. The van der Waals surface area contributed by atoms with Gasteiger partial charge < -0.3 is 5.32 Å². The summed E-state index contributed by atoms with van der Waals surface area (Å²) in [5.74, 6) is 0.407. The van der Waals surface area contributed by atoms with E-state index >= 15 is 0 Å². The fourth-order valence-electron chi connectivity index (χ4n) is 3.21. The van der Waals surface area contributed by atoms with Gasteiger partial charge in [-0.25, -0.2) is 0 Å². The van der Waals surface area contributed by atoms with Crippen molar-refractivity contribution in [3.8, 4) is 0 Å². The topological polar surface area (TPSA) is 29.1 Å². The van der Waals surface area contributed by atoms with Crippen LogP contribution in [0.3, 0.4) is 0 Å². The van der Waals surface area contributed by atoms with Crippen molar-refractivity contribution in [2.45, 2.75) is 39.7 Å². The molecule has 0 heterocycles.